The van der Waals surface area contributed by atoms with Gasteiger partial charge in [0.1, 0.15) is 0 Å². The van der Waals surface area contributed by atoms with E-state index in [4.69, 9.17) is 0 Å². The summed E-state index contributed by atoms with van der Waals surface area (Å²) in [5, 5.41) is -0.184. The second-order valence-electron chi connectivity index (χ2n) is 7.92. The van der Waals surface area contributed by atoms with Crippen molar-refractivity contribution in [1.29, 1.82) is 0 Å². The number of amides is 2. The summed E-state index contributed by atoms with van der Waals surface area (Å²) in [6.45, 7) is 6.61. The Bertz CT molecular complexity index is 1140. The number of nitrogens with zero attached hydrogens (tertiary/aromatic N) is 2. The molecule has 4 rings (SSSR count). The van der Waals surface area contributed by atoms with Crippen LogP contribution in [0, 0.1) is 20.8 Å². The maximum absolute atomic E-state index is 12.9. The number of carbonyl (C=O) groups is 2. The average molecular weight is 431 g/mol. The van der Waals surface area contributed by atoms with Gasteiger partial charge in [0.2, 0.25) is 0 Å². The van der Waals surface area contributed by atoms with E-state index in [0.717, 1.165) is 47.2 Å². The van der Waals surface area contributed by atoms with E-state index >= 15 is 0 Å². The predicted octanol–water partition coefficient (Wildman–Crippen LogP) is 6.07. The Kier molecular flexibility index (Phi) is 6.14. The van der Waals surface area contributed by atoms with E-state index in [1.807, 2.05) is 31.2 Å². The number of carbonyl (C=O) groups excluding carboxylic acids is 2. The number of thioether (sulfide) groups is 1. The van der Waals surface area contributed by atoms with E-state index in [0.29, 0.717) is 11.4 Å². The van der Waals surface area contributed by atoms with Crippen LogP contribution in [0.5, 0.6) is 0 Å². The van der Waals surface area contributed by atoms with Crippen LogP contribution in [0.3, 0.4) is 0 Å². The molecule has 4 nitrogen and oxygen atoms in total. The first-order valence-corrected chi connectivity index (χ1v) is 11.3. The summed E-state index contributed by atoms with van der Waals surface area (Å²) in [5.74, 6) is -0.191. The lowest BCUT2D eigenvalue weighted by atomic mass is 10.1. The third kappa shape index (κ3) is 4.52. The number of imide groups is 1. The molecule has 1 aromatic heterocycles. The van der Waals surface area contributed by atoms with Crippen molar-refractivity contribution in [2.75, 3.05) is 6.54 Å². The molecule has 1 saturated heterocycles. The summed E-state index contributed by atoms with van der Waals surface area (Å²) in [6, 6.07) is 20.6. The number of rotatable bonds is 6. The zero-order valence-corrected chi connectivity index (χ0v) is 18.9. The van der Waals surface area contributed by atoms with Crippen LogP contribution >= 0.6 is 11.8 Å². The van der Waals surface area contributed by atoms with Crippen molar-refractivity contribution in [3.8, 4) is 5.69 Å². The Labute approximate surface area is 187 Å². The largest absolute Gasteiger partial charge is 0.318 e. The summed E-state index contributed by atoms with van der Waals surface area (Å²) in [7, 11) is 0. The van der Waals surface area contributed by atoms with Crippen LogP contribution in [-0.2, 0) is 11.2 Å². The number of hydrogen-bond acceptors (Lipinski definition) is 3. The predicted molar refractivity (Wildman–Crippen MR) is 127 cm³/mol. The molecule has 0 unspecified atom stereocenters. The molecule has 3 aromatic rings. The van der Waals surface area contributed by atoms with Gasteiger partial charge in [0.05, 0.1) is 4.91 Å². The minimum absolute atomic E-state index is 0.184. The molecular weight excluding hydrogens is 404 g/mol. The van der Waals surface area contributed by atoms with E-state index in [1.165, 1.54) is 16.0 Å². The van der Waals surface area contributed by atoms with Gasteiger partial charge in [-0.1, -0.05) is 48.0 Å². The molecule has 0 radical (unpaired) electrons. The van der Waals surface area contributed by atoms with Crippen LogP contribution in [0.4, 0.5) is 4.79 Å². The minimum atomic E-state index is -0.191. The van der Waals surface area contributed by atoms with Gasteiger partial charge in [-0.2, -0.15) is 0 Å². The SMILES string of the molecule is Cc1ccc(-n2c(C)cc(/C=C3\SC(=O)N(CCCc4ccccc4)C3=O)c2C)cc1. The molecule has 2 aromatic carbocycles. The van der Waals surface area contributed by atoms with Crippen molar-refractivity contribution in [3.63, 3.8) is 0 Å². The molecule has 0 N–H and O–H groups in total. The van der Waals surface area contributed by atoms with Crippen molar-refractivity contribution >= 4 is 29.0 Å². The van der Waals surface area contributed by atoms with Crippen molar-refractivity contribution in [2.45, 2.75) is 33.6 Å². The lowest BCUT2D eigenvalue weighted by Gasteiger charge is -2.12. The third-order valence-electron chi connectivity index (χ3n) is 5.61. The van der Waals surface area contributed by atoms with Crippen LogP contribution in [-0.4, -0.2) is 27.2 Å². The maximum Gasteiger partial charge on any atom is 0.293 e. The fourth-order valence-corrected chi connectivity index (χ4v) is 4.80. The van der Waals surface area contributed by atoms with E-state index in [2.05, 4.69) is 60.9 Å². The summed E-state index contributed by atoms with van der Waals surface area (Å²) >= 11 is 1.03. The van der Waals surface area contributed by atoms with Gasteiger partial charge in [0.25, 0.3) is 11.1 Å². The molecule has 0 aliphatic carbocycles. The second-order valence-corrected chi connectivity index (χ2v) is 8.91. The maximum atomic E-state index is 12.9. The Hall–Kier alpha value is -3.05. The highest BCUT2D eigenvalue weighted by Crippen LogP contribution is 2.34. The van der Waals surface area contributed by atoms with Gasteiger partial charge in [-0.25, -0.2) is 0 Å². The van der Waals surface area contributed by atoms with Crippen molar-refractivity contribution < 1.29 is 9.59 Å². The van der Waals surface area contributed by atoms with Gasteiger partial charge in [-0.15, -0.1) is 0 Å². The Morgan fingerprint density at radius 1 is 0.935 bits per heavy atom. The van der Waals surface area contributed by atoms with Crippen LogP contribution < -0.4 is 0 Å². The van der Waals surface area contributed by atoms with Crippen LogP contribution in [0.1, 0.15) is 34.5 Å². The number of benzene rings is 2. The molecule has 0 spiro atoms. The van der Waals surface area contributed by atoms with E-state index in [-0.39, 0.29) is 11.1 Å². The van der Waals surface area contributed by atoms with Crippen LogP contribution in [0.25, 0.3) is 11.8 Å². The Morgan fingerprint density at radius 3 is 2.35 bits per heavy atom. The lowest BCUT2D eigenvalue weighted by Crippen LogP contribution is -2.29. The first kappa shape index (κ1) is 21.2. The first-order valence-electron chi connectivity index (χ1n) is 10.5. The van der Waals surface area contributed by atoms with E-state index in [1.54, 1.807) is 0 Å². The third-order valence-corrected chi connectivity index (χ3v) is 6.52. The zero-order valence-electron chi connectivity index (χ0n) is 18.1. The van der Waals surface area contributed by atoms with Gasteiger partial charge in [-0.05, 0) is 80.8 Å². The van der Waals surface area contributed by atoms with Gasteiger partial charge in [0, 0.05) is 23.6 Å². The fraction of sp³-hybridized carbons (Fsp3) is 0.231. The Morgan fingerprint density at radius 2 is 1.65 bits per heavy atom. The average Bonchev–Trinajstić information content (AvgIpc) is 3.19. The topological polar surface area (TPSA) is 42.3 Å². The molecule has 1 aliphatic rings. The highest BCUT2D eigenvalue weighted by molar-refractivity contribution is 8.18. The molecule has 1 aliphatic heterocycles. The normalized spacial score (nSPS) is 15.3. The number of hydrogen-bond donors (Lipinski definition) is 0. The zero-order chi connectivity index (χ0) is 22.0. The second kappa shape index (κ2) is 8.98. The Balaban J connectivity index is 1.50. The number of aryl methyl sites for hydroxylation is 3. The molecule has 2 amide bonds. The summed E-state index contributed by atoms with van der Waals surface area (Å²) < 4.78 is 2.18. The van der Waals surface area contributed by atoms with Crippen molar-refractivity contribution in [1.82, 2.24) is 9.47 Å². The molecule has 0 saturated carbocycles. The van der Waals surface area contributed by atoms with Gasteiger partial charge in [0.15, 0.2) is 0 Å². The quantitative estimate of drug-likeness (QED) is 0.446. The highest BCUT2D eigenvalue weighted by atomic mass is 32.2. The van der Waals surface area contributed by atoms with E-state index in [9.17, 15) is 9.59 Å². The number of aromatic nitrogens is 1. The molecule has 0 bridgehead atoms. The van der Waals surface area contributed by atoms with Crippen LogP contribution in [0.15, 0.2) is 65.6 Å². The molecule has 2 heterocycles. The summed E-state index contributed by atoms with van der Waals surface area (Å²) in [5.41, 5.74) is 6.63. The van der Waals surface area contributed by atoms with Gasteiger partial charge < -0.3 is 4.57 Å². The molecule has 5 heteroatoms. The summed E-state index contributed by atoms with van der Waals surface area (Å²) in [6.07, 6.45) is 3.46. The van der Waals surface area contributed by atoms with Crippen LogP contribution in [0.2, 0.25) is 0 Å². The highest BCUT2D eigenvalue weighted by Gasteiger charge is 2.34. The molecular formula is C26H26N2O2S. The molecule has 0 atom stereocenters. The van der Waals surface area contributed by atoms with Crippen molar-refractivity contribution in [3.05, 3.63) is 93.6 Å². The van der Waals surface area contributed by atoms with Crippen molar-refractivity contribution in [2.24, 2.45) is 0 Å². The smallest absolute Gasteiger partial charge is 0.293 e. The molecule has 31 heavy (non-hydrogen) atoms. The minimum Gasteiger partial charge on any atom is -0.318 e. The molecule has 158 valence electrons. The first-order chi connectivity index (χ1) is 14.9. The summed E-state index contributed by atoms with van der Waals surface area (Å²) in [4.78, 5) is 27.2. The van der Waals surface area contributed by atoms with E-state index < -0.39 is 0 Å². The lowest BCUT2D eigenvalue weighted by molar-refractivity contribution is -0.122. The fourth-order valence-electron chi connectivity index (χ4n) is 3.94. The molecule has 1 fully saturated rings. The standard InChI is InChI=1S/C26H26N2O2S/c1-18-11-13-23(14-12-18)28-19(2)16-22(20(28)3)17-24-25(29)27(26(30)31-24)15-7-10-21-8-5-4-6-9-21/h4-6,8-9,11-14,16-17H,7,10,15H2,1-3H3/b24-17-. The van der Waals surface area contributed by atoms with Gasteiger partial charge in [-0.3, -0.25) is 14.5 Å². The van der Waals surface area contributed by atoms with Gasteiger partial charge >= 0.3 is 0 Å². The monoisotopic (exact) mass is 430 g/mol.